The summed E-state index contributed by atoms with van der Waals surface area (Å²) in [6.45, 7) is 7.32. The van der Waals surface area contributed by atoms with Crippen LogP contribution < -0.4 is 26.1 Å². The number of rotatable bonds is 14. The Hall–Kier alpha value is -7.89. The number of likely N-dealkylation sites (tertiary alicyclic amines) is 2. The Labute approximate surface area is 445 Å². The minimum absolute atomic E-state index is 0.0169. The number of alkyl carbamates (subject to hydrolysis) is 1. The summed E-state index contributed by atoms with van der Waals surface area (Å²) in [5, 5.41) is 4.65. The molecular formula is C60H63F2N9O6. The predicted octanol–water partition coefficient (Wildman–Crippen LogP) is 9.07. The van der Waals surface area contributed by atoms with Crippen molar-refractivity contribution in [2.75, 3.05) is 27.3 Å². The fraction of sp³-hybridized carbons (Fsp3) is 0.350. The largest absolute Gasteiger partial charge is 0.465 e. The number of aromatic amines is 2. The van der Waals surface area contributed by atoms with Gasteiger partial charge in [0.15, 0.2) is 0 Å². The highest BCUT2D eigenvalue weighted by atomic mass is 19.1. The standard InChI is InChI=1S/C60H63F2N9O6/c1-33(2)53(67-60(74)75-5)57(72)69-31-43(61)27-50(69)55-64-30-47(66-55)41-20-22-45-49-25-42-24-40(46-29-63-56(65-46)51-28-44(62)32-70(51)58(73)54(34(3)4)68-76-6)21-23-48(42)71(49)59(77-52(45)26-41)39-18-16-38(17-19-39)37-14-12-36(13-15-37)35-10-8-7-9-11-35/h7-20,22-26,29-30,33-34,40,43-44,50-51,53-54,59,68H,21,27-28,31-32H2,1-6H3,(H,63,65)(H,64,66)(H,67,74)/t40?,43-,44-,50+,51+,53+,54+,59-/m1/s1. The van der Waals surface area contributed by atoms with Gasteiger partial charge in [-0.2, -0.15) is 5.48 Å². The molecule has 2 saturated heterocycles. The number of hydroxylamine groups is 1. The molecule has 15 nitrogen and oxygen atoms in total. The molecule has 11 rings (SSSR count). The minimum Gasteiger partial charge on any atom is -0.465 e. The number of halogens is 2. The second kappa shape index (κ2) is 21.3. The van der Waals surface area contributed by atoms with Gasteiger partial charge in [-0.05, 0) is 63.9 Å². The Bertz CT molecular complexity index is 3430. The Morgan fingerprint density at radius 2 is 1.30 bits per heavy atom. The molecule has 0 saturated carbocycles. The third-order valence-corrected chi connectivity index (χ3v) is 15.5. The van der Waals surface area contributed by atoms with Gasteiger partial charge in [-0.1, -0.05) is 125 Å². The molecule has 4 N–H and O–H groups in total. The molecule has 0 bridgehead atoms. The van der Waals surface area contributed by atoms with E-state index in [1.165, 1.54) is 19.1 Å². The molecule has 3 aromatic heterocycles. The number of hydrogen-bond donors (Lipinski definition) is 4. The summed E-state index contributed by atoms with van der Waals surface area (Å²) in [6, 6.07) is 32.8. The topological polar surface area (TPSA) is 172 Å². The fourth-order valence-corrected chi connectivity index (χ4v) is 11.4. The minimum atomic E-state index is -1.27. The lowest BCUT2D eigenvalue weighted by Gasteiger charge is -2.30. The van der Waals surface area contributed by atoms with Gasteiger partial charge in [0.2, 0.25) is 18.0 Å². The first-order valence-corrected chi connectivity index (χ1v) is 26.4. The number of benzene rings is 4. The molecule has 6 heterocycles. The van der Waals surface area contributed by atoms with Crippen molar-refractivity contribution in [2.24, 2.45) is 11.8 Å². The van der Waals surface area contributed by atoms with Gasteiger partial charge in [0.1, 0.15) is 41.8 Å². The van der Waals surface area contributed by atoms with Crippen LogP contribution in [0, 0.1) is 11.8 Å². The summed E-state index contributed by atoms with van der Waals surface area (Å²) in [7, 11) is 2.70. The molecule has 398 valence electrons. The number of H-pyrrole nitrogens is 2. The first kappa shape index (κ1) is 51.2. The average molecular weight is 1040 g/mol. The lowest BCUT2D eigenvalue weighted by atomic mass is 9.97. The Balaban J connectivity index is 0.919. The van der Waals surface area contributed by atoms with Crippen molar-refractivity contribution < 1.29 is 37.5 Å². The van der Waals surface area contributed by atoms with Gasteiger partial charge >= 0.3 is 6.09 Å². The molecule has 3 amide bonds. The van der Waals surface area contributed by atoms with Crippen molar-refractivity contribution in [3.05, 3.63) is 149 Å². The zero-order valence-corrected chi connectivity index (χ0v) is 43.9. The SMILES string of the molecule is CON[C@H](C(=O)N1C[C@H](F)C[C@H]1c1ncc(C2C=c3cc4n(c3=CC2)[C@@H](c2ccc(-c3ccc(-c5ccccc5)cc3)cc2)Oc2cc(-c3cnc([C@@H]5C[C@@H](F)CN5C(=O)[C@@H](NC(=O)OC)C(C)C)[nH]3)ccc2-4)[nH]1)C(C)C. The lowest BCUT2D eigenvalue weighted by molar-refractivity contribution is -0.140. The van der Waals surface area contributed by atoms with Crippen LogP contribution in [-0.2, 0) is 19.2 Å². The summed E-state index contributed by atoms with van der Waals surface area (Å²) in [6.07, 6.45) is 5.05. The van der Waals surface area contributed by atoms with Crippen molar-refractivity contribution in [1.29, 1.82) is 0 Å². The maximum Gasteiger partial charge on any atom is 0.407 e. The van der Waals surface area contributed by atoms with E-state index in [9.17, 15) is 14.4 Å². The Morgan fingerprint density at radius 1 is 0.714 bits per heavy atom. The van der Waals surface area contributed by atoms with E-state index in [1.54, 1.807) is 17.3 Å². The number of carbonyl (C=O) groups excluding carboxylic acids is 3. The molecule has 1 aliphatic carbocycles. The fourth-order valence-electron chi connectivity index (χ4n) is 11.4. The van der Waals surface area contributed by atoms with Crippen molar-refractivity contribution in [2.45, 2.75) is 95.6 Å². The molecule has 0 radical (unpaired) electrons. The van der Waals surface area contributed by atoms with Gasteiger partial charge in [-0.25, -0.2) is 23.5 Å². The third-order valence-electron chi connectivity index (χ3n) is 15.5. The summed E-state index contributed by atoms with van der Waals surface area (Å²) in [4.78, 5) is 64.4. The van der Waals surface area contributed by atoms with Crippen molar-refractivity contribution in [3.8, 4) is 50.5 Å². The Morgan fingerprint density at radius 3 is 1.92 bits per heavy atom. The van der Waals surface area contributed by atoms with Crippen molar-refractivity contribution in [1.82, 2.24) is 45.1 Å². The quantitative estimate of drug-likeness (QED) is 0.0776. The first-order chi connectivity index (χ1) is 37.3. The number of hydrogen-bond acceptors (Lipinski definition) is 9. The van der Waals surface area contributed by atoms with E-state index < -0.39 is 54.7 Å². The van der Waals surface area contributed by atoms with Crippen LogP contribution in [0.2, 0.25) is 0 Å². The number of methoxy groups -OCH3 is 1. The van der Waals surface area contributed by atoms with Crippen LogP contribution in [0.15, 0.2) is 116 Å². The van der Waals surface area contributed by atoms with Gasteiger partial charge in [0, 0.05) is 52.7 Å². The van der Waals surface area contributed by atoms with Crippen LogP contribution in [0.4, 0.5) is 13.6 Å². The van der Waals surface area contributed by atoms with Crippen molar-refractivity contribution >= 4 is 30.1 Å². The second-order valence-corrected chi connectivity index (χ2v) is 21.2. The molecule has 4 aliphatic rings. The van der Waals surface area contributed by atoms with Gasteiger partial charge in [-0.15, -0.1) is 0 Å². The molecule has 1 unspecified atom stereocenters. The number of ether oxygens (including phenoxy) is 2. The molecule has 8 atom stereocenters. The highest BCUT2D eigenvalue weighted by Gasteiger charge is 2.43. The van der Waals surface area contributed by atoms with E-state index in [4.69, 9.17) is 24.3 Å². The van der Waals surface area contributed by atoms with Gasteiger partial charge in [0.25, 0.3) is 0 Å². The molecule has 77 heavy (non-hydrogen) atoms. The smallest absolute Gasteiger partial charge is 0.407 e. The molecule has 7 aromatic rings. The normalized spacial score (nSPS) is 21.4. The lowest BCUT2D eigenvalue weighted by Crippen LogP contribution is -2.51. The summed E-state index contributed by atoms with van der Waals surface area (Å²) < 4.78 is 44.5. The van der Waals surface area contributed by atoms with E-state index in [0.29, 0.717) is 29.5 Å². The van der Waals surface area contributed by atoms with E-state index in [1.807, 2.05) is 64.1 Å². The number of nitrogens with zero attached hydrogens (tertiary/aromatic N) is 5. The Kier molecular flexibility index (Phi) is 14.1. The number of fused-ring (bicyclic) bond motifs is 5. The number of carbonyl (C=O) groups is 3. The molecular weight excluding hydrogens is 981 g/mol. The van der Waals surface area contributed by atoms with Crippen LogP contribution >= 0.6 is 0 Å². The zero-order valence-electron chi connectivity index (χ0n) is 43.9. The molecule has 0 spiro atoms. The third kappa shape index (κ3) is 9.93. The molecule has 4 aromatic carbocycles. The van der Waals surface area contributed by atoms with E-state index in [2.05, 4.69) is 104 Å². The van der Waals surface area contributed by atoms with Crippen LogP contribution in [0.25, 0.3) is 56.9 Å². The van der Waals surface area contributed by atoms with Gasteiger partial charge in [0.05, 0.1) is 57.0 Å². The van der Waals surface area contributed by atoms with Crippen LogP contribution in [0.3, 0.4) is 0 Å². The van der Waals surface area contributed by atoms with E-state index in [0.717, 1.165) is 60.9 Å². The number of aromatic nitrogens is 5. The highest BCUT2D eigenvalue weighted by molar-refractivity contribution is 5.87. The number of nitrogens with one attached hydrogen (secondary N) is 4. The maximum absolute atomic E-state index is 15.2. The zero-order chi connectivity index (χ0) is 53.6. The van der Waals surface area contributed by atoms with Gasteiger partial charge in [-0.3, -0.25) is 9.59 Å². The predicted molar refractivity (Wildman–Crippen MR) is 289 cm³/mol. The summed E-state index contributed by atoms with van der Waals surface area (Å²) in [5.41, 5.74) is 12.4. The van der Waals surface area contributed by atoms with Crippen molar-refractivity contribution in [3.63, 3.8) is 0 Å². The summed E-state index contributed by atoms with van der Waals surface area (Å²) in [5.74, 6) is 0.554. The average Bonchev–Trinajstić information content (AvgIpc) is 4.52. The molecule has 17 heteroatoms. The maximum atomic E-state index is 15.2. The monoisotopic (exact) mass is 1040 g/mol. The summed E-state index contributed by atoms with van der Waals surface area (Å²) >= 11 is 0. The number of alkyl halides is 2. The van der Waals surface area contributed by atoms with E-state index >= 15 is 8.78 Å². The van der Waals surface area contributed by atoms with Crippen LogP contribution in [0.1, 0.15) is 94.1 Å². The van der Waals surface area contributed by atoms with E-state index in [-0.39, 0.29) is 49.6 Å². The van der Waals surface area contributed by atoms with Gasteiger partial charge < -0.3 is 44.0 Å². The second-order valence-electron chi connectivity index (χ2n) is 21.2. The highest BCUT2D eigenvalue weighted by Crippen LogP contribution is 2.43. The van der Waals surface area contributed by atoms with Crippen LogP contribution in [0.5, 0.6) is 5.75 Å². The number of amides is 3. The molecule has 3 aliphatic heterocycles. The first-order valence-electron chi connectivity index (χ1n) is 26.4. The number of imidazole rings is 2. The molecule has 2 fully saturated rings. The van der Waals surface area contributed by atoms with Crippen LogP contribution in [-0.4, -0.2) is 104 Å².